The van der Waals surface area contributed by atoms with Gasteiger partial charge < -0.3 is 10.0 Å². The lowest BCUT2D eigenvalue weighted by Gasteiger charge is -2.10. The fourth-order valence-electron chi connectivity index (χ4n) is 1.77. The Morgan fingerprint density at radius 2 is 2.11 bits per heavy atom. The van der Waals surface area contributed by atoms with E-state index in [2.05, 4.69) is 4.98 Å². The smallest absolute Gasteiger partial charge is 0.423 e. The lowest BCUT2D eigenvalue weighted by molar-refractivity contribution is 0.424. The Balaban J connectivity index is 2.40. The Bertz CT molecular complexity index is 658. The third-order valence-corrected chi connectivity index (χ3v) is 2.74. The summed E-state index contributed by atoms with van der Waals surface area (Å²) < 4.78 is 14.4. The van der Waals surface area contributed by atoms with Crippen LogP contribution in [0.1, 0.15) is 11.3 Å². The molecule has 0 saturated carbocycles. The van der Waals surface area contributed by atoms with Crippen LogP contribution in [0.15, 0.2) is 35.4 Å². The second-order valence-corrected chi connectivity index (χ2v) is 4.21. The highest BCUT2D eigenvalue weighted by Crippen LogP contribution is 2.03. The molecule has 1 aromatic carbocycles. The predicted molar refractivity (Wildman–Crippen MR) is 68.6 cm³/mol. The molecule has 2 rings (SSSR count). The molecule has 7 heteroatoms. The van der Waals surface area contributed by atoms with Gasteiger partial charge in [0, 0.05) is 11.8 Å². The van der Waals surface area contributed by atoms with Crippen LogP contribution in [0.2, 0.25) is 0 Å². The molecule has 0 atom stereocenters. The summed E-state index contributed by atoms with van der Waals surface area (Å²) >= 11 is 0. The molecule has 0 unspecified atom stereocenters. The number of rotatable bonds is 3. The van der Waals surface area contributed by atoms with Crippen molar-refractivity contribution in [2.75, 3.05) is 0 Å². The standard InChI is InChI=1S/C12H12BFN2O3/c1-8-4-12(17)16(7-15-8)6-9-2-3-10(14)5-11(9)13(18)19/h2-5,7,18-19H,6H2,1H3. The van der Waals surface area contributed by atoms with Gasteiger partial charge in [-0.25, -0.2) is 9.37 Å². The summed E-state index contributed by atoms with van der Waals surface area (Å²) in [6, 6.07) is 5.02. The third kappa shape index (κ3) is 3.07. The van der Waals surface area contributed by atoms with E-state index in [1.54, 1.807) is 6.92 Å². The van der Waals surface area contributed by atoms with E-state index >= 15 is 0 Å². The van der Waals surface area contributed by atoms with E-state index in [0.29, 0.717) is 11.3 Å². The second kappa shape index (κ2) is 5.33. The van der Waals surface area contributed by atoms with Crippen LogP contribution in [0.4, 0.5) is 4.39 Å². The average molecular weight is 262 g/mol. The molecule has 0 aliphatic rings. The van der Waals surface area contributed by atoms with Gasteiger partial charge in [-0.2, -0.15) is 0 Å². The molecule has 0 fully saturated rings. The average Bonchev–Trinajstić information content (AvgIpc) is 2.34. The zero-order chi connectivity index (χ0) is 14.0. The van der Waals surface area contributed by atoms with E-state index in [1.165, 1.54) is 29.1 Å². The van der Waals surface area contributed by atoms with Crippen molar-refractivity contribution in [2.45, 2.75) is 13.5 Å². The molecule has 0 radical (unpaired) electrons. The number of aromatic nitrogens is 2. The quantitative estimate of drug-likeness (QED) is 0.725. The molecule has 98 valence electrons. The van der Waals surface area contributed by atoms with E-state index < -0.39 is 12.9 Å². The van der Waals surface area contributed by atoms with Crippen LogP contribution in [0.25, 0.3) is 0 Å². The van der Waals surface area contributed by atoms with Crippen molar-refractivity contribution in [2.24, 2.45) is 0 Å². The van der Waals surface area contributed by atoms with Crippen LogP contribution < -0.4 is 11.0 Å². The Morgan fingerprint density at radius 3 is 2.74 bits per heavy atom. The number of hydrogen-bond donors (Lipinski definition) is 2. The first-order valence-corrected chi connectivity index (χ1v) is 5.65. The van der Waals surface area contributed by atoms with Crippen LogP contribution >= 0.6 is 0 Å². The predicted octanol–water partition coefficient (Wildman–Crippen LogP) is -0.581. The molecule has 1 aromatic heterocycles. The van der Waals surface area contributed by atoms with E-state index in [0.717, 1.165) is 6.07 Å². The summed E-state index contributed by atoms with van der Waals surface area (Å²) in [5.74, 6) is -0.568. The lowest BCUT2D eigenvalue weighted by Crippen LogP contribution is -2.35. The van der Waals surface area contributed by atoms with E-state index in [1.807, 2.05) is 0 Å². The summed E-state index contributed by atoms with van der Waals surface area (Å²) in [5, 5.41) is 18.4. The molecule has 1 heterocycles. The van der Waals surface area contributed by atoms with Crippen LogP contribution in [-0.2, 0) is 6.54 Å². The fraction of sp³-hybridized carbons (Fsp3) is 0.167. The minimum Gasteiger partial charge on any atom is -0.423 e. The molecule has 0 saturated heterocycles. The van der Waals surface area contributed by atoms with Gasteiger partial charge in [-0.15, -0.1) is 0 Å². The normalized spacial score (nSPS) is 10.5. The number of hydrogen-bond acceptors (Lipinski definition) is 4. The van der Waals surface area contributed by atoms with Gasteiger partial charge in [0.15, 0.2) is 0 Å². The van der Waals surface area contributed by atoms with Gasteiger partial charge in [0.05, 0.1) is 12.9 Å². The highest BCUT2D eigenvalue weighted by Gasteiger charge is 2.17. The largest absolute Gasteiger partial charge is 0.488 e. The van der Waals surface area contributed by atoms with Crippen LogP contribution in [0.3, 0.4) is 0 Å². The van der Waals surface area contributed by atoms with E-state index in [-0.39, 0.29) is 17.6 Å². The zero-order valence-electron chi connectivity index (χ0n) is 10.2. The number of halogens is 1. The maximum Gasteiger partial charge on any atom is 0.488 e. The number of aryl methyl sites for hydroxylation is 1. The van der Waals surface area contributed by atoms with Gasteiger partial charge in [0.2, 0.25) is 0 Å². The highest BCUT2D eigenvalue weighted by atomic mass is 19.1. The van der Waals surface area contributed by atoms with Crippen molar-refractivity contribution in [1.29, 1.82) is 0 Å². The van der Waals surface area contributed by atoms with Gasteiger partial charge in [-0.05, 0) is 30.1 Å². The SMILES string of the molecule is Cc1cc(=O)n(Cc2ccc(F)cc2B(O)O)cn1. The van der Waals surface area contributed by atoms with Crippen LogP contribution in [0, 0.1) is 12.7 Å². The molecule has 0 bridgehead atoms. The minimum absolute atomic E-state index is 0.0347. The molecule has 5 nitrogen and oxygen atoms in total. The molecule has 0 spiro atoms. The first kappa shape index (κ1) is 13.4. The summed E-state index contributed by atoms with van der Waals surface area (Å²) in [5.41, 5.74) is 0.828. The molecular weight excluding hydrogens is 250 g/mol. The van der Waals surface area contributed by atoms with Crippen molar-refractivity contribution in [3.63, 3.8) is 0 Å². The molecule has 2 N–H and O–H groups in total. The van der Waals surface area contributed by atoms with Gasteiger partial charge in [0.25, 0.3) is 5.56 Å². The monoisotopic (exact) mass is 262 g/mol. The van der Waals surface area contributed by atoms with E-state index in [4.69, 9.17) is 0 Å². The molecular formula is C12H12BFN2O3. The lowest BCUT2D eigenvalue weighted by atomic mass is 9.77. The molecule has 0 aliphatic carbocycles. The zero-order valence-corrected chi connectivity index (χ0v) is 10.2. The number of nitrogens with zero attached hydrogens (tertiary/aromatic N) is 2. The van der Waals surface area contributed by atoms with Crippen molar-refractivity contribution in [1.82, 2.24) is 9.55 Å². The third-order valence-electron chi connectivity index (χ3n) is 2.74. The van der Waals surface area contributed by atoms with Crippen LogP contribution in [-0.4, -0.2) is 26.7 Å². The van der Waals surface area contributed by atoms with Gasteiger partial charge in [-0.3, -0.25) is 9.36 Å². The Kier molecular flexibility index (Phi) is 3.78. The maximum atomic E-state index is 13.1. The van der Waals surface area contributed by atoms with Gasteiger partial charge >= 0.3 is 7.12 Å². The Labute approximate surface area is 109 Å². The van der Waals surface area contributed by atoms with Crippen molar-refractivity contribution < 1.29 is 14.4 Å². The Morgan fingerprint density at radius 1 is 1.37 bits per heavy atom. The van der Waals surface area contributed by atoms with Crippen molar-refractivity contribution in [3.8, 4) is 0 Å². The van der Waals surface area contributed by atoms with Crippen LogP contribution in [0.5, 0.6) is 0 Å². The molecule has 19 heavy (non-hydrogen) atoms. The first-order valence-electron chi connectivity index (χ1n) is 5.65. The Hall–Kier alpha value is -1.99. The molecule has 0 aliphatic heterocycles. The second-order valence-electron chi connectivity index (χ2n) is 4.21. The molecule has 2 aromatic rings. The van der Waals surface area contributed by atoms with E-state index in [9.17, 15) is 19.2 Å². The van der Waals surface area contributed by atoms with Crippen molar-refractivity contribution in [3.05, 3.63) is 58.0 Å². The fourth-order valence-corrected chi connectivity index (χ4v) is 1.77. The maximum absolute atomic E-state index is 13.1. The van der Waals surface area contributed by atoms with Crippen molar-refractivity contribution >= 4 is 12.6 Å². The highest BCUT2D eigenvalue weighted by molar-refractivity contribution is 6.59. The number of benzene rings is 1. The van der Waals surface area contributed by atoms with Gasteiger partial charge in [-0.1, -0.05) is 6.07 Å². The summed E-state index contributed by atoms with van der Waals surface area (Å²) in [4.78, 5) is 15.7. The summed E-state index contributed by atoms with van der Waals surface area (Å²) in [6.45, 7) is 1.80. The summed E-state index contributed by atoms with van der Waals surface area (Å²) in [7, 11) is -1.79. The molecule has 0 amide bonds. The minimum atomic E-state index is -1.79. The summed E-state index contributed by atoms with van der Waals surface area (Å²) in [6.07, 6.45) is 1.37. The first-order chi connectivity index (χ1) is 8.97. The van der Waals surface area contributed by atoms with Gasteiger partial charge in [0.1, 0.15) is 5.82 Å². The topological polar surface area (TPSA) is 75.4 Å².